The van der Waals surface area contributed by atoms with Gasteiger partial charge >= 0.3 is 0 Å². The zero-order valence-electron chi connectivity index (χ0n) is 13.1. The highest BCUT2D eigenvalue weighted by molar-refractivity contribution is 5.42. The molecule has 1 heterocycles. The van der Waals surface area contributed by atoms with Crippen LogP contribution in [0.1, 0.15) is 18.1 Å². The van der Waals surface area contributed by atoms with Crippen LogP contribution in [-0.4, -0.2) is 30.0 Å². The molecule has 0 fully saturated rings. The Morgan fingerprint density at radius 3 is 2.62 bits per heavy atom. The molecule has 0 saturated carbocycles. The SMILES string of the molecule is COc1ccc(CN[C@@H](C)Cn2cc(C)cn2)cc1OC. The molecule has 1 N–H and O–H groups in total. The second-order valence-corrected chi connectivity index (χ2v) is 5.21. The first kappa shape index (κ1) is 15.4. The van der Waals surface area contributed by atoms with Crippen LogP contribution in [0.2, 0.25) is 0 Å². The molecular weight excluding hydrogens is 266 g/mol. The summed E-state index contributed by atoms with van der Waals surface area (Å²) in [7, 11) is 3.29. The molecule has 2 rings (SSSR count). The molecule has 5 nitrogen and oxygen atoms in total. The fraction of sp³-hybridized carbons (Fsp3) is 0.438. The summed E-state index contributed by atoms with van der Waals surface area (Å²) in [4.78, 5) is 0. The Labute approximate surface area is 125 Å². The van der Waals surface area contributed by atoms with E-state index >= 15 is 0 Å². The highest BCUT2D eigenvalue weighted by atomic mass is 16.5. The van der Waals surface area contributed by atoms with Crippen LogP contribution in [0, 0.1) is 6.92 Å². The number of aryl methyl sites for hydroxylation is 1. The zero-order chi connectivity index (χ0) is 15.2. The lowest BCUT2D eigenvalue weighted by molar-refractivity contribution is 0.354. The van der Waals surface area contributed by atoms with E-state index in [0.717, 1.165) is 30.2 Å². The highest BCUT2D eigenvalue weighted by Gasteiger charge is 2.07. The van der Waals surface area contributed by atoms with E-state index in [9.17, 15) is 0 Å². The van der Waals surface area contributed by atoms with Crippen LogP contribution in [0.25, 0.3) is 0 Å². The molecule has 1 atom stereocenters. The van der Waals surface area contributed by atoms with Crippen LogP contribution in [-0.2, 0) is 13.1 Å². The molecule has 114 valence electrons. The number of rotatable bonds is 7. The predicted octanol–water partition coefficient (Wildman–Crippen LogP) is 2.39. The van der Waals surface area contributed by atoms with Gasteiger partial charge in [-0.15, -0.1) is 0 Å². The molecule has 0 bridgehead atoms. The summed E-state index contributed by atoms with van der Waals surface area (Å²) >= 11 is 0. The summed E-state index contributed by atoms with van der Waals surface area (Å²) in [5.74, 6) is 1.51. The second kappa shape index (κ2) is 7.13. The van der Waals surface area contributed by atoms with E-state index in [1.807, 2.05) is 36.0 Å². The van der Waals surface area contributed by atoms with Gasteiger partial charge in [0.25, 0.3) is 0 Å². The number of nitrogens with zero attached hydrogens (tertiary/aromatic N) is 2. The third-order valence-electron chi connectivity index (χ3n) is 3.33. The van der Waals surface area contributed by atoms with Crippen molar-refractivity contribution in [3.8, 4) is 11.5 Å². The Morgan fingerprint density at radius 2 is 2.00 bits per heavy atom. The Kier molecular flexibility index (Phi) is 5.22. The van der Waals surface area contributed by atoms with E-state index in [1.54, 1.807) is 14.2 Å². The fourth-order valence-electron chi connectivity index (χ4n) is 2.19. The van der Waals surface area contributed by atoms with E-state index in [1.165, 1.54) is 5.56 Å². The maximum absolute atomic E-state index is 5.32. The van der Waals surface area contributed by atoms with Crippen LogP contribution in [0.4, 0.5) is 0 Å². The molecule has 0 aliphatic carbocycles. The van der Waals surface area contributed by atoms with Crippen molar-refractivity contribution in [3.63, 3.8) is 0 Å². The molecule has 0 aliphatic heterocycles. The van der Waals surface area contributed by atoms with Crippen LogP contribution < -0.4 is 14.8 Å². The van der Waals surface area contributed by atoms with Gasteiger partial charge in [0.1, 0.15) is 0 Å². The van der Waals surface area contributed by atoms with Gasteiger partial charge in [0, 0.05) is 18.8 Å². The topological polar surface area (TPSA) is 48.3 Å². The molecule has 5 heteroatoms. The van der Waals surface area contributed by atoms with Crippen LogP contribution >= 0.6 is 0 Å². The van der Waals surface area contributed by atoms with Gasteiger partial charge in [-0.1, -0.05) is 6.07 Å². The van der Waals surface area contributed by atoms with Crippen LogP contribution in [0.15, 0.2) is 30.6 Å². The van der Waals surface area contributed by atoms with Gasteiger partial charge < -0.3 is 14.8 Å². The van der Waals surface area contributed by atoms with Crippen molar-refractivity contribution in [1.29, 1.82) is 0 Å². The fourth-order valence-corrected chi connectivity index (χ4v) is 2.19. The van der Waals surface area contributed by atoms with Crippen molar-refractivity contribution in [2.75, 3.05) is 14.2 Å². The van der Waals surface area contributed by atoms with Gasteiger partial charge in [0.2, 0.25) is 0 Å². The number of ether oxygens (including phenoxy) is 2. The molecule has 1 aromatic carbocycles. The standard InChI is InChI=1S/C16H23N3O2/c1-12-8-18-19(10-12)11-13(2)17-9-14-5-6-15(20-3)16(7-14)21-4/h5-8,10,13,17H,9,11H2,1-4H3/t13-/m0/s1. The lowest BCUT2D eigenvalue weighted by Crippen LogP contribution is -2.30. The Morgan fingerprint density at radius 1 is 1.24 bits per heavy atom. The lowest BCUT2D eigenvalue weighted by Gasteiger charge is -2.15. The van der Waals surface area contributed by atoms with Crippen molar-refractivity contribution < 1.29 is 9.47 Å². The first-order chi connectivity index (χ1) is 10.1. The molecule has 0 radical (unpaired) electrons. The number of hydrogen-bond donors (Lipinski definition) is 1. The molecule has 21 heavy (non-hydrogen) atoms. The smallest absolute Gasteiger partial charge is 0.161 e. The maximum Gasteiger partial charge on any atom is 0.161 e. The van der Waals surface area contributed by atoms with Crippen molar-refractivity contribution >= 4 is 0 Å². The largest absolute Gasteiger partial charge is 0.493 e. The highest BCUT2D eigenvalue weighted by Crippen LogP contribution is 2.27. The summed E-state index contributed by atoms with van der Waals surface area (Å²) in [6, 6.07) is 6.30. The predicted molar refractivity (Wildman–Crippen MR) is 82.8 cm³/mol. The third-order valence-corrected chi connectivity index (χ3v) is 3.33. The van der Waals surface area contributed by atoms with Gasteiger partial charge in [-0.05, 0) is 37.1 Å². The molecule has 0 spiro atoms. The number of hydrogen-bond acceptors (Lipinski definition) is 4. The number of methoxy groups -OCH3 is 2. The van der Waals surface area contributed by atoms with E-state index in [4.69, 9.17) is 9.47 Å². The minimum atomic E-state index is 0.331. The van der Waals surface area contributed by atoms with E-state index in [2.05, 4.69) is 23.5 Å². The summed E-state index contributed by atoms with van der Waals surface area (Å²) in [6.07, 6.45) is 3.93. The Balaban J connectivity index is 1.90. The van der Waals surface area contributed by atoms with Gasteiger partial charge in [-0.25, -0.2) is 0 Å². The first-order valence-electron chi connectivity index (χ1n) is 7.05. The first-order valence-corrected chi connectivity index (χ1v) is 7.05. The molecular formula is C16H23N3O2. The van der Waals surface area contributed by atoms with E-state index in [-0.39, 0.29) is 0 Å². The number of aromatic nitrogens is 2. The molecule has 2 aromatic rings. The molecule has 0 amide bonds. The van der Waals surface area contributed by atoms with E-state index in [0.29, 0.717) is 6.04 Å². The summed E-state index contributed by atoms with van der Waals surface area (Å²) < 4.78 is 12.5. The summed E-state index contributed by atoms with van der Waals surface area (Å²) in [6.45, 7) is 5.83. The normalized spacial score (nSPS) is 12.2. The van der Waals surface area contributed by atoms with Gasteiger partial charge in [0.05, 0.1) is 27.0 Å². The third kappa shape index (κ3) is 4.23. The summed E-state index contributed by atoms with van der Waals surface area (Å²) in [5.41, 5.74) is 2.35. The van der Waals surface area contributed by atoms with Crippen molar-refractivity contribution in [2.24, 2.45) is 0 Å². The van der Waals surface area contributed by atoms with Crippen molar-refractivity contribution in [3.05, 3.63) is 41.7 Å². The zero-order valence-corrected chi connectivity index (χ0v) is 13.1. The van der Waals surface area contributed by atoms with E-state index < -0.39 is 0 Å². The number of benzene rings is 1. The monoisotopic (exact) mass is 289 g/mol. The quantitative estimate of drug-likeness (QED) is 0.850. The number of nitrogens with one attached hydrogen (secondary N) is 1. The Hall–Kier alpha value is -2.01. The van der Waals surface area contributed by atoms with Crippen LogP contribution in [0.3, 0.4) is 0 Å². The van der Waals surface area contributed by atoms with Gasteiger partial charge in [-0.2, -0.15) is 5.10 Å². The van der Waals surface area contributed by atoms with Crippen molar-refractivity contribution in [2.45, 2.75) is 33.0 Å². The Bertz CT molecular complexity index is 581. The summed E-state index contributed by atoms with van der Waals surface area (Å²) in [5, 5.41) is 7.79. The molecule has 1 aromatic heterocycles. The molecule has 0 unspecified atom stereocenters. The van der Waals surface area contributed by atoms with Crippen molar-refractivity contribution in [1.82, 2.24) is 15.1 Å². The van der Waals surface area contributed by atoms with Gasteiger partial charge in [0.15, 0.2) is 11.5 Å². The molecule has 0 aliphatic rings. The van der Waals surface area contributed by atoms with Crippen LogP contribution in [0.5, 0.6) is 11.5 Å². The molecule has 0 saturated heterocycles. The average Bonchev–Trinajstić information content (AvgIpc) is 2.89. The van der Waals surface area contributed by atoms with Gasteiger partial charge in [-0.3, -0.25) is 4.68 Å². The second-order valence-electron chi connectivity index (χ2n) is 5.21. The average molecular weight is 289 g/mol. The minimum Gasteiger partial charge on any atom is -0.493 e. The minimum absolute atomic E-state index is 0.331. The maximum atomic E-state index is 5.32. The lowest BCUT2D eigenvalue weighted by atomic mass is 10.2.